The Morgan fingerprint density at radius 1 is 0.975 bits per heavy atom. The van der Waals surface area contributed by atoms with Gasteiger partial charge in [-0.3, -0.25) is 15.0 Å². The first-order valence-corrected chi connectivity index (χ1v) is 13.2. The van der Waals surface area contributed by atoms with Crippen molar-refractivity contribution in [2.45, 2.75) is 32.8 Å². The third-order valence-electron chi connectivity index (χ3n) is 6.54. The van der Waals surface area contributed by atoms with E-state index in [-0.39, 0.29) is 30.4 Å². The van der Waals surface area contributed by atoms with Crippen molar-refractivity contribution in [2.75, 3.05) is 42.6 Å². The number of aromatic nitrogens is 2. The summed E-state index contributed by atoms with van der Waals surface area (Å²) < 4.78 is 25.1. The molecule has 0 bridgehead atoms. The maximum atomic E-state index is 15.1. The lowest BCUT2D eigenvalue weighted by atomic mass is 10.1. The van der Waals surface area contributed by atoms with Crippen LogP contribution in [-0.4, -0.2) is 60.5 Å². The SMILES string of the molecule is CCOC(=O)CCc1ccc(N2CCN(c3ncc(-c4cccc(COC(=O)CC(=N)N)c4F)cn3)CC2)cc1. The number of amidine groups is 1. The van der Waals surface area contributed by atoms with Crippen LogP contribution in [0.3, 0.4) is 0 Å². The topological polar surface area (TPSA) is 135 Å². The highest BCUT2D eigenvalue weighted by atomic mass is 19.1. The van der Waals surface area contributed by atoms with Crippen LogP contribution in [-0.2, 0) is 32.1 Å². The maximum absolute atomic E-state index is 15.1. The quantitative estimate of drug-likeness (QED) is 0.210. The van der Waals surface area contributed by atoms with Crippen LogP contribution in [0.2, 0.25) is 0 Å². The van der Waals surface area contributed by atoms with E-state index >= 15 is 4.39 Å². The number of benzene rings is 2. The molecule has 4 rings (SSSR count). The van der Waals surface area contributed by atoms with Gasteiger partial charge in [-0.05, 0) is 31.0 Å². The van der Waals surface area contributed by atoms with E-state index in [1.807, 2.05) is 12.1 Å². The largest absolute Gasteiger partial charge is 0.466 e. The second-order valence-corrected chi connectivity index (χ2v) is 9.36. The molecule has 0 radical (unpaired) electrons. The summed E-state index contributed by atoms with van der Waals surface area (Å²) in [4.78, 5) is 36.6. The van der Waals surface area contributed by atoms with Crippen molar-refractivity contribution in [1.82, 2.24) is 9.97 Å². The van der Waals surface area contributed by atoms with Crippen LogP contribution in [0.1, 0.15) is 30.9 Å². The molecule has 210 valence electrons. The van der Waals surface area contributed by atoms with Crippen LogP contribution >= 0.6 is 0 Å². The van der Waals surface area contributed by atoms with Crippen molar-refractivity contribution >= 4 is 29.4 Å². The maximum Gasteiger partial charge on any atom is 0.313 e. The standard InChI is InChI=1S/C29H33FN6O4/c1-2-39-26(37)11-8-20-6-9-23(10-7-20)35-12-14-36(15-13-35)29-33-17-22(18-34-29)24-5-3-4-21(28(24)30)19-40-27(38)16-25(31)32/h3-7,9-10,17-18H,2,8,11-16,19H2,1H3,(H3,31,32). The van der Waals surface area contributed by atoms with Gasteiger partial charge in [0.1, 0.15) is 24.7 Å². The average molecular weight is 549 g/mol. The zero-order valence-electron chi connectivity index (χ0n) is 22.4. The van der Waals surface area contributed by atoms with Crippen LogP contribution in [0.5, 0.6) is 0 Å². The zero-order valence-corrected chi connectivity index (χ0v) is 22.4. The number of esters is 2. The van der Waals surface area contributed by atoms with Gasteiger partial charge in [-0.2, -0.15) is 0 Å². The van der Waals surface area contributed by atoms with Gasteiger partial charge in [0.05, 0.1) is 6.61 Å². The molecule has 0 aliphatic carbocycles. The van der Waals surface area contributed by atoms with E-state index < -0.39 is 11.8 Å². The predicted octanol–water partition coefficient (Wildman–Crippen LogP) is 3.47. The monoisotopic (exact) mass is 548 g/mol. The number of anilines is 2. The van der Waals surface area contributed by atoms with E-state index in [2.05, 4.69) is 31.9 Å². The van der Waals surface area contributed by atoms with Gasteiger partial charge in [-0.15, -0.1) is 0 Å². The molecule has 0 unspecified atom stereocenters. The summed E-state index contributed by atoms with van der Waals surface area (Å²) >= 11 is 0. The minimum absolute atomic E-state index is 0.179. The van der Waals surface area contributed by atoms with E-state index in [0.717, 1.165) is 37.4 Å². The second-order valence-electron chi connectivity index (χ2n) is 9.36. The summed E-state index contributed by atoms with van der Waals surface area (Å²) in [5, 5.41) is 7.15. The molecule has 0 spiro atoms. The Hall–Kier alpha value is -4.54. The Bertz CT molecular complexity index is 1330. The van der Waals surface area contributed by atoms with Crippen LogP contribution in [0.25, 0.3) is 11.1 Å². The van der Waals surface area contributed by atoms with Crippen LogP contribution in [0.15, 0.2) is 54.9 Å². The first-order valence-electron chi connectivity index (χ1n) is 13.2. The van der Waals surface area contributed by atoms with Crippen molar-refractivity contribution < 1.29 is 23.5 Å². The fraction of sp³-hybridized carbons (Fsp3) is 0.345. The molecule has 0 saturated carbocycles. The lowest BCUT2D eigenvalue weighted by molar-refractivity contribution is -0.144. The number of nitrogens with one attached hydrogen (secondary N) is 1. The van der Waals surface area contributed by atoms with E-state index in [1.54, 1.807) is 31.5 Å². The fourth-order valence-electron chi connectivity index (χ4n) is 4.42. The van der Waals surface area contributed by atoms with Crippen molar-refractivity contribution in [2.24, 2.45) is 5.73 Å². The smallest absolute Gasteiger partial charge is 0.313 e. The molecule has 2 aromatic carbocycles. The molecule has 10 nitrogen and oxygen atoms in total. The van der Waals surface area contributed by atoms with Gasteiger partial charge in [0.25, 0.3) is 0 Å². The number of hydrogen-bond acceptors (Lipinski definition) is 9. The van der Waals surface area contributed by atoms with Crippen molar-refractivity contribution in [3.63, 3.8) is 0 Å². The van der Waals surface area contributed by atoms with E-state index in [1.165, 1.54) is 6.07 Å². The molecule has 1 fully saturated rings. The third kappa shape index (κ3) is 7.52. The highest BCUT2D eigenvalue weighted by Crippen LogP contribution is 2.26. The number of hydrogen-bond donors (Lipinski definition) is 2. The zero-order chi connectivity index (χ0) is 28.5. The lowest BCUT2D eigenvalue weighted by Gasteiger charge is -2.36. The molecule has 0 atom stereocenters. The van der Waals surface area contributed by atoms with E-state index in [0.29, 0.717) is 36.5 Å². The Kier molecular flexibility index (Phi) is 9.61. The van der Waals surface area contributed by atoms with Gasteiger partial charge < -0.3 is 25.0 Å². The average Bonchev–Trinajstić information content (AvgIpc) is 2.96. The molecule has 1 aliphatic heterocycles. The summed E-state index contributed by atoms with van der Waals surface area (Å²) in [5.41, 5.74) is 8.45. The molecule has 2 heterocycles. The summed E-state index contributed by atoms with van der Waals surface area (Å²) in [6.07, 6.45) is 3.88. The van der Waals surface area contributed by atoms with E-state index in [4.69, 9.17) is 20.6 Å². The van der Waals surface area contributed by atoms with Crippen LogP contribution in [0.4, 0.5) is 16.0 Å². The minimum atomic E-state index is -0.687. The van der Waals surface area contributed by atoms with Gasteiger partial charge in [0.15, 0.2) is 0 Å². The first-order chi connectivity index (χ1) is 19.3. The predicted molar refractivity (Wildman–Crippen MR) is 150 cm³/mol. The molecule has 11 heteroatoms. The summed E-state index contributed by atoms with van der Waals surface area (Å²) in [7, 11) is 0. The normalized spacial score (nSPS) is 13.2. The molecular formula is C29H33FN6O4. The molecule has 40 heavy (non-hydrogen) atoms. The summed E-state index contributed by atoms with van der Waals surface area (Å²) in [6, 6.07) is 13.1. The van der Waals surface area contributed by atoms with Gasteiger partial charge in [0, 0.05) is 67.4 Å². The molecule has 3 N–H and O–H groups in total. The molecule has 1 saturated heterocycles. The number of ether oxygens (including phenoxy) is 2. The van der Waals surface area contributed by atoms with Gasteiger partial charge in [-0.1, -0.05) is 30.3 Å². The molecular weight excluding hydrogens is 515 g/mol. The Morgan fingerprint density at radius 2 is 1.65 bits per heavy atom. The highest BCUT2D eigenvalue weighted by molar-refractivity contribution is 5.94. The Morgan fingerprint density at radius 3 is 2.30 bits per heavy atom. The van der Waals surface area contributed by atoms with Gasteiger partial charge in [0.2, 0.25) is 5.95 Å². The third-order valence-corrected chi connectivity index (χ3v) is 6.54. The van der Waals surface area contributed by atoms with Crippen molar-refractivity contribution in [3.05, 3.63) is 71.8 Å². The Labute approximate surface area is 232 Å². The molecule has 1 aliphatic rings. The highest BCUT2D eigenvalue weighted by Gasteiger charge is 2.20. The lowest BCUT2D eigenvalue weighted by Crippen LogP contribution is -2.47. The van der Waals surface area contributed by atoms with Gasteiger partial charge in [-0.25, -0.2) is 14.4 Å². The van der Waals surface area contributed by atoms with Crippen molar-refractivity contribution in [3.8, 4) is 11.1 Å². The fourth-order valence-corrected chi connectivity index (χ4v) is 4.42. The number of rotatable bonds is 11. The number of aryl methyl sites for hydroxylation is 1. The summed E-state index contributed by atoms with van der Waals surface area (Å²) in [6.45, 7) is 5.01. The first kappa shape index (κ1) is 28.5. The number of carbonyl (C=O) groups excluding carboxylic acids is 2. The van der Waals surface area contributed by atoms with Crippen LogP contribution in [0, 0.1) is 11.2 Å². The van der Waals surface area contributed by atoms with Crippen molar-refractivity contribution in [1.29, 1.82) is 5.41 Å². The minimum Gasteiger partial charge on any atom is -0.466 e. The number of nitrogens with two attached hydrogens (primary N) is 1. The molecule has 1 aromatic heterocycles. The number of nitrogens with zero attached hydrogens (tertiary/aromatic N) is 4. The number of piperazine rings is 1. The number of carbonyl (C=O) groups is 2. The number of halogens is 1. The van der Waals surface area contributed by atoms with E-state index in [9.17, 15) is 9.59 Å². The summed E-state index contributed by atoms with van der Waals surface area (Å²) in [5.74, 6) is -1.12. The molecule has 0 amide bonds. The second kappa shape index (κ2) is 13.5. The van der Waals surface area contributed by atoms with Gasteiger partial charge >= 0.3 is 11.9 Å². The molecule has 3 aromatic rings. The Balaban J connectivity index is 1.31. The van der Waals surface area contributed by atoms with Crippen LogP contribution < -0.4 is 15.5 Å².